The zero-order chi connectivity index (χ0) is 9.68. The van der Waals surface area contributed by atoms with Gasteiger partial charge in [-0.15, -0.1) is 0 Å². The Morgan fingerprint density at radius 1 is 1.38 bits per heavy atom. The number of hydrogen-bond acceptors (Lipinski definition) is 3. The number of aromatic hydroxyl groups is 1. The van der Waals surface area contributed by atoms with E-state index in [9.17, 15) is 5.11 Å². The SMILES string of the molecule is OCCOCc1ccc(O)c(Br)c1. The summed E-state index contributed by atoms with van der Waals surface area (Å²) in [6.45, 7) is 0.803. The molecule has 2 N–H and O–H groups in total. The number of rotatable bonds is 4. The van der Waals surface area contributed by atoms with Gasteiger partial charge in [0, 0.05) is 0 Å². The van der Waals surface area contributed by atoms with E-state index in [0.29, 0.717) is 17.7 Å². The van der Waals surface area contributed by atoms with Gasteiger partial charge in [-0.25, -0.2) is 0 Å². The molecule has 0 aliphatic heterocycles. The van der Waals surface area contributed by atoms with Gasteiger partial charge < -0.3 is 14.9 Å². The van der Waals surface area contributed by atoms with E-state index in [1.165, 1.54) is 0 Å². The minimum absolute atomic E-state index is 0.0270. The van der Waals surface area contributed by atoms with Crippen molar-refractivity contribution in [3.8, 4) is 5.75 Å². The molecule has 0 spiro atoms. The maximum atomic E-state index is 9.19. The molecule has 0 aliphatic carbocycles. The molecule has 0 atom stereocenters. The molecule has 3 nitrogen and oxygen atoms in total. The number of benzene rings is 1. The second-order valence-corrected chi connectivity index (χ2v) is 3.42. The zero-order valence-corrected chi connectivity index (χ0v) is 8.62. The molecule has 0 aromatic heterocycles. The topological polar surface area (TPSA) is 49.7 Å². The summed E-state index contributed by atoms with van der Waals surface area (Å²) in [6, 6.07) is 5.16. The summed E-state index contributed by atoms with van der Waals surface area (Å²) in [5, 5.41) is 17.7. The van der Waals surface area contributed by atoms with Gasteiger partial charge in [0.1, 0.15) is 5.75 Å². The molecule has 1 aromatic rings. The van der Waals surface area contributed by atoms with Gasteiger partial charge in [0.2, 0.25) is 0 Å². The first kappa shape index (κ1) is 10.5. The van der Waals surface area contributed by atoms with Crippen molar-refractivity contribution in [3.05, 3.63) is 28.2 Å². The van der Waals surface area contributed by atoms with Crippen LogP contribution in [0.4, 0.5) is 0 Å². The van der Waals surface area contributed by atoms with Crippen LogP contribution in [-0.2, 0) is 11.3 Å². The average Bonchev–Trinajstić information content (AvgIpc) is 2.12. The van der Waals surface area contributed by atoms with Crippen molar-refractivity contribution < 1.29 is 14.9 Å². The summed E-state index contributed by atoms with van der Waals surface area (Å²) in [4.78, 5) is 0. The number of phenolic OH excluding ortho intramolecular Hbond substituents is 1. The molecule has 0 amide bonds. The second kappa shape index (κ2) is 5.21. The zero-order valence-electron chi connectivity index (χ0n) is 7.03. The van der Waals surface area contributed by atoms with Crippen LogP contribution in [0.3, 0.4) is 0 Å². The van der Waals surface area contributed by atoms with Gasteiger partial charge in [0.05, 0.1) is 24.3 Å². The molecule has 13 heavy (non-hydrogen) atoms. The lowest BCUT2D eigenvalue weighted by Crippen LogP contribution is -1.98. The van der Waals surface area contributed by atoms with Gasteiger partial charge >= 0.3 is 0 Å². The first-order valence-corrected chi connectivity index (χ1v) is 4.69. The standard InChI is InChI=1S/C9H11BrO3/c10-8-5-7(1-2-9(8)12)6-13-4-3-11/h1-2,5,11-12H,3-4,6H2. The maximum absolute atomic E-state index is 9.19. The first-order chi connectivity index (χ1) is 6.24. The molecule has 1 rings (SSSR count). The Morgan fingerprint density at radius 2 is 2.15 bits per heavy atom. The highest BCUT2D eigenvalue weighted by molar-refractivity contribution is 9.10. The lowest BCUT2D eigenvalue weighted by molar-refractivity contribution is 0.0815. The van der Waals surface area contributed by atoms with Gasteiger partial charge in [0.15, 0.2) is 0 Å². The highest BCUT2D eigenvalue weighted by Crippen LogP contribution is 2.24. The summed E-state index contributed by atoms with van der Waals surface area (Å²) >= 11 is 3.20. The quantitative estimate of drug-likeness (QED) is 0.795. The van der Waals surface area contributed by atoms with Crippen LogP contribution < -0.4 is 0 Å². The predicted octanol–water partition coefficient (Wildman–Crippen LogP) is 1.66. The monoisotopic (exact) mass is 246 g/mol. The third-order valence-corrected chi connectivity index (χ3v) is 2.15. The van der Waals surface area contributed by atoms with E-state index in [2.05, 4.69) is 15.9 Å². The summed E-state index contributed by atoms with van der Waals surface area (Å²) in [5.41, 5.74) is 0.957. The lowest BCUT2D eigenvalue weighted by atomic mass is 10.2. The Labute approximate surface area is 85.1 Å². The largest absolute Gasteiger partial charge is 0.507 e. The first-order valence-electron chi connectivity index (χ1n) is 3.90. The summed E-state index contributed by atoms with van der Waals surface area (Å²) in [5.74, 6) is 0.214. The molecule has 4 heteroatoms. The number of aliphatic hydroxyl groups excluding tert-OH is 1. The number of ether oxygens (including phenoxy) is 1. The number of halogens is 1. The molecule has 1 aromatic carbocycles. The van der Waals surface area contributed by atoms with Crippen molar-refractivity contribution >= 4 is 15.9 Å². The van der Waals surface area contributed by atoms with Gasteiger partial charge in [-0.1, -0.05) is 6.07 Å². The highest BCUT2D eigenvalue weighted by Gasteiger charge is 1.99. The molecule has 0 saturated carbocycles. The van der Waals surface area contributed by atoms with Crippen molar-refractivity contribution in [2.75, 3.05) is 13.2 Å². The fraction of sp³-hybridized carbons (Fsp3) is 0.333. The summed E-state index contributed by atoms with van der Waals surface area (Å²) in [7, 11) is 0. The summed E-state index contributed by atoms with van der Waals surface area (Å²) in [6.07, 6.45) is 0. The van der Waals surface area contributed by atoms with Crippen molar-refractivity contribution in [1.29, 1.82) is 0 Å². The van der Waals surface area contributed by atoms with E-state index >= 15 is 0 Å². The molecule has 0 aliphatic rings. The average molecular weight is 247 g/mol. The van der Waals surface area contributed by atoms with Crippen molar-refractivity contribution in [2.24, 2.45) is 0 Å². The minimum atomic E-state index is 0.0270. The van der Waals surface area contributed by atoms with Crippen LogP contribution in [0.25, 0.3) is 0 Å². The van der Waals surface area contributed by atoms with E-state index < -0.39 is 0 Å². The highest BCUT2D eigenvalue weighted by atomic mass is 79.9. The van der Waals surface area contributed by atoms with E-state index in [1.54, 1.807) is 18.2 Å². The second-order valence-electron chi connectivity index (χ2n) is 2.56. The van der Waals surface area contributed by atoms with Crippen LogP contribution in [0, 0.1) is 0 Å². The number of hydrogen-bond donors (Lipinski definition) is 2. The lowest BCUT2D eigenvalue weighted by Gasteiger charge is -2.03. The van der Waals surface area contributed by atoms with Gasteiger partial charge in [0.25, 0.3) is 0 Å². The molecule has 0 bridgehead atoms. The van der Waals surface area contributed by atoms with Crippen LogP contribution in [0.1, 0.15) is 5.56 Å². The third-order valence-electron chi connectivity index (χ3n) is 1.52. The molecule has 72 valence electrons. The van der Waals surface area contributed by atoms with E-state index in [1.807, 2.05) is 0 Å². The van der Waals surface area contributed by atoms with Gasteiger partial charge in [-0.2, -0.15) is 0 Å². The molecule has 0 fully saturated rings. The molecule has 0 unspecified atom stereocenters. The van der Waals surface area contributed by atoms with Crippen molar-refractivity contribution in [1.82, 2.24) is 0 Å². The Kier molecular flexibility index (Phi) is 4.21. The third kappa shape index (κ3) is 3.34. The minimum Gasteiger partial charge on any atom is -0.507 e. The van der Waals surface area contributed by atoms with Gasteiger partial charge in [-0.05, 0) is 33.6 Å². The Balaban J connectivity index is 2.53. The van der Waals surface area contributed by atoms with Crippen LogP contribution in [0.2, 0.25) is 0 Å². The Hall–Kier alpha value is -0.580. The molecule has 0 radical (unpaired) electrons. The van der Waals surface area contributed by atoms with Crippen LogP contribution in [-0.4, -0.2) is 23.4 Å². The van der Waals surface area contributed by atoms with E-state index in [-0.39, 0.29) is 12.4 Å². The molecular formula is C9H11BrO3. The molecular weight excluding hydrogens is 236 g/mol. The number of phenols is 1. The molecule has 0 saturated heterocycles. The Morgan fingerprint density at radius 3 is 2.77 bits per heavy atom. The van der Waals surface area contributed by atoms with Gasteiger partial charge in [-0.3, -0.25) is 0 Å². The Bertz CT molecular complexity index is 276. The summed E-state index contributed by atoms with van der Waals surface area (Å²) < 4.78 is 5.76. The van der Waals surface area contributed by atoms with Crippen LogP contribution in [0.15, 0.2) is 22.7 Å². The van der Waals surface area contributed by atoms with E-state index in [4.69, 9.17) is 9.84 Å². The predicted molar refractivity (Wildman–Crippen MR) is 52.5 cm³/mol. The normalized spacial score (nSPS) is 10.3. The fourth-order valence-electron chi connectivity index (χ4n) is 0.895. The van der Waals surface area contributed by atoms with Crippen molar-refractivity contribution in [2.45, 2.75) is 6.61 Å². The maximum Gasteiger partial charge on any atom is 0.129 e. The smallest absolute Gasteiger partial charge is 0.129 e. The van der Waals surface area contributed by atoms with E-state index in [0.717, 1.165) is 5.56 Å². The van der Waals surface area contributed by atoms with Crippen LogP contribution in [0.5, 0.6) is 5.75 Å². The van der Waals surface area contributed by atoms with Crippen LogP contribution >= 0.6 is 15.9 Å². The number of aliphatic hydroxyl groups is 1. The molecule has 0 heterocycles. The van der Waals surface area contributed by atoms with Crippen molar-refractivity contribution in [3.63, 3.8) is 0 Å². The fourth-order valence-corrected chi connectivity index (χ4v) is 1.32.